The van der Waals surface area contributed by atoms with Crippen molar-refractivity contribution < 1.29 is 9.53 Å². The first-order valence-electron chi connectivity index (χ1n) is 8.88. The average molecular weight is 347 g/mol. The number of hydrogen-bond acceptors (Lipinski definition) is 3. The van der Waals surface area contributed by atoms with Gasteiger partial charge in [0.15, 0.2) is 0 Å². The highest BCUT2D eigenvalue weighted by Gasteiger charge is 2.28. The molecule has 5 nitrogen and oxygen atoms in total. The van der Waals surface area contributed by atoms with Crippen molar-refractivity contribution in [3.63, 3.8) is 0 Å². The van der Waals surface area contributed by atoms with E-state index < -0.39 is 0 Å². The normalized spacial score (nSPS) is 13.7. The molecule has 0 saturated carbocycles. The number of hydrogen-bond donors (Lipinski definition) is 1. The number of ether oxygens (including phenoxy) is 1. The van der Waals surface area contributed by atoms with Crippen molar-refractivity contribution in [2.75, 3.05) is 13.2 Å². The Hall–Kier alpha value is -3.08. The fourth-order valence-corrected chi connectivity index (χ4v) is 3.53. The maximum atomic E-state index is 13.1. The molecule has 0 bridgehead atoms. The van der Waals surface area contributed by atoms with Crippen molar-refractivity contribution in [3.05, 3.63) is 83.4 Å². The van der Waals surface area contributed by atoms with Crippen molar-refractivity contribution in [2.24, 2.45) is 0 Å². The summed E-state index contributed by atoms with van der Waals surface area (Å²) >= 11 is 0. The number of nitrogens with one attached hydrogen (secondary N) is 1. The smallest absolute Gasteiger partial charge is 0.271 e. The minimum absolute atomic E-state index is 0.0249. The molecular formula is C21H21N3O2. The lowest BCUT2D eigenvalue weighted by molar-refractivity contribution is 0.0711. The zero-order valence-electron chi connectivity index (χ0n) is 14.7. The van der Waals surface area contributed by atoms with Gasteiger partial charge in [-0.1, -0.05) is 12.1 Å². The van der Waals surface area contributed by atoms with Gasteiger partial charge >= 0.3 is 0 Å². The lowest BCUT2D eigenvalue weighted by Crippen LogP contribution is -2.35. The monoisotopic (exact) mass is 347 g/mol. The van der Waals surface area contributed by atoms with E-state index in [-0.39, 0.29) is 11.9 Å². The van der Waals surface area contributed by atoms with Gasteiger partial charge in [0.25, 0.3) is 5.91 Å². The molecule has 0 fully saturated rings. The van der Waals surface area contributed by atoms with Crippen LogP contribution in [0.4, 0.5) is 0 Å². The van der Waals surface area contributed by atoms with Gasteiger partial charge in [-0.2, -0.15) is 0 Å². The van der Waals surface area contributed by atoms with Crippen LogP contribution in [-0.2, 0) is 6.42 Å². The van der Waals surface area contributed by atoms with E-state index in [1.165, 1.54) is 5.56 Å². The predicted octanol–water partition coefficient (Wildman–Crippen LogP) is 3.60. The Morgan fingerprint density at radius 3 is 2.92 bits per heavy atom. The van der Waals surface area contributed by atoms with Gasteiger partial charge in [0.1, 0.15) is 11.4 Å². The summed E-state index contributed by atoms with van der Waals surface area (Å²) in [7, 11) is 0. The molecule has 4 rings (SSSR count). The minimum Gasteiger partial charge on any atom is -0.493 e. The van der Waals surface area contributed by atoms with Gasteiger partial charge in [-0.05, 0) is 53.9 Å². The summed E-state index contributed by atoms with van der Waals surface area (Å²) in [5, 5.41) is 0. The Balaban J connectivity index is 1.79. The number of benzene rings is 1. The Morgan fingerprint density at radius 2 is 2.19 bits per heavy atom. The van der Waals surface area contributed by atoms with Gasteiger partial charge in [0.2, 0.25) is 0 Å². The van der Waals surface area contributed by atoms with E-state index >= 15 is 0 Å². The van der Waals surface area contributed by atoms with Crippen molar-refractivity contribution in [2.45, 2.75) is 19.4 Å². The maximum Gasteiger partial charge on any atom is 0.271 e. The third-order valence-corrected chi connectivity index (χ3v) is 4.77. The summed E-state index contributed by atoms with van der Waals surface area (Å²) in [4.78, 5) is 22.3. The van der Waals surface area contributed by atoms with Gasteiger partial charge in [0, 0.05) is 31.6 Å². The molecule has 3 heterocycles. The lowest BCUT2D eigenvalue weighted by atomic mass is 9.95. The van der Waals surface area contributed by atoms with Crippen LogP contribution in [0.5, 0.6) is 5.75 Å². The first-order chi connectivity index (χ1) is 12.8. The van der Waals surface area contributed by atoms with Crippen molar-refractivity contribution in [1.29, 1.82) is 0 Å². The van der Waals surface area contributed by atoms with Gasteiger partial charge in [-0.15, -0.1) is 0 Å². The van der Waals surface area contributed by atoms with E-state index in [1.54, 1.807) is 12.4 Å². The second-order valence-corrected chi connectivity index (χ2v) is 6.33. The highest BCUT2D eigenvalue weighted by Crippen LogP contribution is 2.34. The van der Waals surface area contributed by atoms with Crippen LogP contribution in [0.3, 0.4) is 0 Å². The van der Waals surface area contributed by atoms with Gasteiger partial charge in [-0.3, -0.25) is 9.78 Å². The van der Waals surface area contributed by atoms with Crippen LogP contribution in [0.2, 0.25) is 0 Å². The summed E-state index contributed by atoms with van der Waals surface area (Å²) in [6.07, 6.45) is 6.26. The van der Waals surface area contributed by atoms with E-state index in [9.17, 15) is 4.79 Å². The van der Waals surface area contributed by atoms with E-state index in [4.69, 9.17) is 4.74 Å². The number of fused-ring (bicyclic) bond motifs is 1. The van der Waals surface area contributed by atoms with Crippen LogP contribution in [0.25, 0.3) is 0 Å². The van der Waals surface area contributed by atoms with Crippen LogP contribution in [0, 0.1) is 0 Å². The average Bonchev–Trinajstić information content (AvgIpc) is 3.37. The van der Waals surface area contributed by atoms with E-state index in [0.717, 1.165) is 29.9 Å². The number of carbonyl (C=O) groups excluding carboxylic acids is 1. The van der Waals surface area contributed by atoms with Crippen molar-refractivity contribution in [1.82, 2.24) is 14.9 Å². The van der Waals surface area contributed by atoms with Crippen LogP contribution in [0.15, 0.2) is 61.1 Å². The highest BCUT2D eigenvalue weighted by molar-refractivity contribution is 5.93. The predicted molar refractivity (Wildman–Crippen MR) is 99.2 cm³/mol. The Morgan fingerprint density at radius 1 is 1.27 bits per heavy atom. The summed E-state index contributed by atoms with van der Waals surface area (Å²) < 4.78 is 5.63. The van der Waals surface area contributed by atoms with Crippen LogP contribution in [-0.4, -0.2) is 33.9 Å². The second-order valence-electron chi connectivity index (χ2n) is 6.33. The largest absolute Gasteiger partial charge is 0.493 e. The number of nitrogens with zero attached hydrogens (tertiary/aromatic N) is 2. The zero-order valence-corrected chi connectivity index (χ0v) is 14.7. The quantitative estimate of drug-likeness (QED) is 0.767. The maximum absolute atomic E-state index is 13.1. The molecule has 1 amide bonds. The summed E-state index contributed by atoms with van der Waals surface area (Å²) in [6, 6.07) is 13.6. The van der Waals surface area contributed by atoms with E-state index in [1.807, 2.05) is 54.4 Å². The number of amides is 1. The summed E-state index contributed by atoms with van der Waals surface area (Å²) in [5.74, 6) is 0.917. The number of aromatic nitrogens is 2. The first-order valence-corrected chi connectivity index (χ1v) is 8.88. The van der Waals surface area contributed by atoms with Crippen LogP contribution >= 0.6 is 0 Å². The third-order valence-electron chi connectivity index (χ3n) is 4.77. The molecule has 0 radical (unpaired) electrons. The fourth-order valence-electron chi connectivity index (χ4n) is 3.53. The highest BCUT2D eigenvalue weighted by atomic mass is 16.5. The molecule has 0 spiro atoms. The Kier molecular flexibility index (Phi) is 4.44. The number of rotatable bonds is 5. The molecule has 1 aliphatic rings. The molecule has 0 aliphatic carbocycles. The molecule has 132 valence electrons. The lowest BCUT2D eigenvalue weighted by Gasteiger charge is -2.31. The minimum atomic E-state index is -0.199. The first kappa shape index (κ1) is 16.4. The molecule has 0 unspecified atom stereocenters. The summed E-state index contributed by atoms with van der Waals surface area (Å²) in [5.41, 5.74) is 3.85. The molecule has 2 aromatic heterocycles. The van der Waals surface area contributed by atoms with E-state index in [2.05, 4.69) is 16.0 Å². The third kappa shape index (κ3) is 2.96. The van der Waals surface area contributed by atoms with Crippen LogP contribution < -0.4 is 4.74 Å². The van der Waals surface area contributed by atoms with Crippen LogP contribution in [0.1, 0.15) is 40.1 Å². The molecule has 3 aromatic rings. The molecule has 1 N–H and O–H groups in total. The van der Waals surface area contributed by atoms with Crippen molar-refractivity contribution in [3.8, 4) is 5.75 Å². The SMILES string of the molecule is CCN(C(=O)c1ccc[nH]1)[C@@H](c1cccnc1)c1ccc2c(c1)CCO2. The Bertz CT molecular complexity index is 891. The Labute approximate surface area is 152 Å². The van der Waals surface area contributed by atoms with Crippen molar-refractivity contribution >= 4 is 5.91 Å². The number of carbonyl (C=O) groups is 1. The standard InChI is InChI=1S/C21H21N3O2/c1-2-24(21(25)18-6-4-11-23-18)20(17-5-3-10-22-14-17)16-7-8-19-15(13-16)9-12-26-19/h3-8,10-11,13-14,20,23H,2,9,12H2,1H3/t20-/m1/s1. The molecule has 1 aromatic carbocycles. The van der Waals surface area contributed by atoms with Gasteiger partial charge in [-0.25, -0.2) is 0 Å². The molecular weight excluding hydrogens is 326 g/mol. The molecule has 0 saturated heterocycles. The zero-order chi connectivity index (χ0) is 17.9. The number of pyridine rings is 1. The van der Waals surface area contributed by atoms with Gasteiger partial charge in [0.05, 0.1) is 12.6 Å². The number of aromatic amines is 1. The second kappa shape index (κ2) is 7.04. The fraction of sp³-hybridized carbons (Fsp3) is 0.238. The topological polar surface area (TPSA) is 58.2 Å². The molecule has 1 aliphatic heterocycles. The molecule has 5 heteroatoms. The van der Waals surface area contributed by atoms with Gasteiger partial charge < -0.3 is 14.6 Å². The van der Waals surface area contributed by atoms with E-state index in [0.29, 0.717) is 12.2 Å². The number of H-pyrrole nitrogens is 1. The molecule has 26 heavy (non-hydrogen) atoms. The summed E-state index contributed by atoms with van der Waals surface area (Å²) in [6.45, 7) is 3.31. The molecule has 1 atom stereocenters.